The maximum Gasteiger partial charge on any atom is 0.490 e. The lowest BCUT2D eigenvalue weighted by Gasteiger charge is -2.16. The molecule has 1 fully saturated rings. The maximum absolute atomic E-state index is 14.5. The zero-order chi connectivity index (χ0) is 25.6. The Bertz CT molecular complexity index is 1290. The number of carboxylic acid groups (broad SMARTS) is 1. The van der Waals surface area contributed by atoms with Gasteiger partial charge in [0.15, 0.2) is 0 Å². The molecule has 0 saturated carbocycles. The van der Waals surface area contributed by atoms with Gasteiger partial charge in [0.1, 0.15) is 5.82 Å². The molecule has 1 saturated heterocycles. The number of rotatable bonds is 5. The van der Waals surface area contributed by atoms with Gasteiger partial charge in [0.05, 0.1) is 6.54 Å². The lowest BCUT2D eigenvalue weighted by molar-refractivity contribution is -0.192. The Kier molecular flexibility index (Phi) is 8.23. The van der Waals surface area contributed by atoms with Gasteiger partial charge in [-0.15, -0.1) is 0 Å². The average molecular weight is 493 g/mol. The van der Waals surface area contributed by atoms with Crippen molar-refractivity contribution >= 4 is 5.97 Å². The van der Waals surface area contributed by atoms with Crippen molar-refractivity contribution in [2.45, 2.75) is 32.1 Å². The molecule has 0 spiro atoms. The van der Waals surface area contributed by atoms with Crippen molar-refractivity contribution in [2.24, 2.45) is 0 Å². The van der Waals surface area contributed by atoms with Crippen molar-refractivity contribution < 1.29 is 27.5 Å². The Labute approximate surface area is 197 Å². The van der Waals surface area contributed by atoms with Gasteiger partial charge < -0.3 is 5.11 Å². The molecule has 0 amide bonds. The van der Waals surface area contributed by atoms with Gasteiger partial charge in [0.2, 0.25) is 0 Å². The first kappa shape index (κ1) is 25.9. The maximum atomic E-state index is 14.5. The Balaban J connectivity index is 0.000000429. The van der Waals surface area contributed by atoms with Gasteiger partial charge in [0, 0.05) is 24.4 Å². The highest BCUT2D eigenvalue weighted by Crippen LogP contribution is 2.26. The van der Waals surface area contributed by atoms with E-state index in [1.807, 2.05) is 36.4 Å². The first-order valence-electron chi connectivity index (χ1n) is 10.7. The van der Waals surface area contributed by atoms with E-state index in [-0.39, 0.29) is 5.82 Å². The Morgan fingerprint density at radius 1 is 0.971 bits per heavy atom. The van der Waals surface area contributed by atoms with E-state index in [1.54, 1.807) is 0 Å². The van der Waals surface area contributed by atoms with Gasteiger partial charge in [0.25, 0.3) is 5.56 Å². The summed E-state index contributed by atoms with van der Waals surface area (Å²) >= 11 is 0. The minimum absolute atomic E-state index is 0.261. The lowest BCUT2D eigenvalue weighted by Crippen LogP contribution is -2.28. The predicted octanol–water partition coefficient (Wildman–Crippen LogP) is 3.62. The van der Waals surface area contributed by atoms with Crippen molar-refractivity contribution in [1.82, 2.24) is 14.5 Å². The molecule has 1 aromatic heterocycles. The minimum atomic E-state index is -5.08. The molecule has 1 aliphatic rings. The molecule has 186 valence electrons. The molecule has 0 atom stereocenters. The summed E-state index contributed by atoms with van der Waals surface area (Å²) in [6.07, 6.45) is -1.18. The van der Waals surface area contributed by atoms with Crippen LogP contribution in [-0.4, -0.2) is 44.8 Å². The highest BCUT2D eigenvalue weighted by atomic mass is 19.4. The first-order chi connectivity index (χ1) is 16.5. The van der Waals surface area contributed by atoms with Crippen LogP contribution < -0.4 is 11.2 Å². The standard InChI is InChI=1S/C22H22FN3O2.C2HF3O2/c23-20-7-6-17(14-25-9-1-2-10-25)13-19(20)18-5-3-4-16(12-18)15-26-11-8-21(27)24-22(26)28;3-2(4,5)1(6)7/h3-8,11-13H,1-2,9-10,14-15H2,(H,24,27,28);(H,6,7). The second-order valence-electron chi connectivity index (χ2n) is 8.04. The summed E-state index contributed by atoms with van der Waals surface area (Å²) in [7, 11) is 0. The summed E-state index contributed by atoms with van der Waals surface area (Å²) in [4.78, 5) is 36.6. The molecular weight excluding hydrogens is 470 g/mol. The summed E-state index contributed by atoms with van der Waals surface area (Å²) in [6, 6.07) is 14.1. The van der Waals surface area contributed by atoms with Crippen LogP contribution >= 0.6 is 0 Å². The number of benzene rings is 2. The highest BCUT2D eigenvalue weighted by Gasteiger charge is 2.38. The summed E-state index contributed by atoms with van der Waals surface area (Å²) in [5, 5.41) is 7.12. The number of H-pyrrole nitrogens is 1. The minimum Gasteiger partial charge on any atom is -0.475 e. The predicted molar refractivity (Wildman–Crippen MR) is 120 cm³/mol. The van der Waals surface area contributed by atoms with Crippen molar-refractivity contribution in [3.63, 3.8) is 0 Å². The van der Waals surface area contributed by atoms with E-state index in [2.05, 4.69) is 9.88 Å². The van der Waals surface area contributed by atoms with Crippen LogP contribution in [0.5, 0.6) is 0 Å². The van der Waals surface area contributed by atoms with E-state index < -0.39 is 23.4 Å². The SMILES string of the molecule is O=C(O)C(F)(F)F.O=c1ccn(Cc2cccc(-c3cc(CN4CCCC4)ccc3F)c2)c(=O)[nH]1. The van der Waals surface area contributed by atoms with Crippen LogP contribution in [0.4, 0.5) is 17.6 Å². The number of nitrogens with one attached hydrogen (secondary N) is 1. The van der Waals surface area contributed by atoms with Gasteiger partial charge in [-0.05, 0) is 60.8 Å². The molecule has 2 heterocycles. The number of carbonyl (C=O) groups is 1. The van der Waals surface area contributed by atoms with Crippen molar-refractivity contribution in [1.29, 1.82) is 0 Å². The number of aromatic amines is 1. The number of carboxylic acids is 1. The fraction of sp³-hybridized carbons (Fsp3) is 0.292. The molecule has 11 heteroatoms. The van der Waals surface area contributed by atoms with E-state index in [1.165, 1.54) is 35.7 Å². The Morgan fingerprint density at radius 2 is 1.63 bits per heavy atom. The summed E-state index contributed by atoms with van der Waals surface area (Å²) < 4.78 is 47.7. The third-order valence-corrected chi connectivity index (χ3v) is 5.37. The molecule has 0 radical (unpaired) electrons. The van der Waals surface area contributed by atoms with Crippen molar-refractivity contribution in [2.75, 3.05) is 13.1 Å². The number of nitrogens with zero attached hydrogens (tertiary/aromatic N) is 2. The lowest BCUT2D eigenvalue weighted by atomic mass is 10.00. The number of halogens is 4. The normalized spacial score (nSPS) is 13.8. The number of hydrogen-bond acceptors (Lipinski definition) is 4. The van der Waals surface area contributed by atoms with Crippen LogP contribution in [0.25, 0.3) is 11.1 Å². The highest BCUT2D eigenvalue weighted by molar-refractivity contribution is 5.73. The van der Waals surface area contributed by atoms with E-state index in [0.29, 0.717) is 12.1 Å². The molecule has 0 unspecified atom stereocenters. The van der Waals surface area contributed by atoms with Crippen LogP contribution in [0.1, 0.15) is 24.0 Å². The van der Waals surface area contributed by atoms with E-state index >= 15 is 0 Å². The monoisotopic (exact) mass is 493 g/mol. The molecule has 1 aliphatic heterocycles. The first-order valence-corrected chi connectivity index (χ1v) is 10.7. The van der Waals surface area contributed by atoms with Crippen molar-refractivity contribution in [3.05, 3.63) is 92.5 Å². The number of aliphatic carboxylic acids is 1. The van der Waals surface area contributed by atoms with E-state index in [4.69, 9.17) is 9.90 Å². The molecule has 3 aromatic rings. The van der Waals surface area contributed by atoms with Gasteiger partial charge >= 0.3 is 17.8 Å². The Morgan fingerprint density at radius 3 is 2.26 bits per heavy atom. The summed E-state index contributed by atoms with van der Waals surface area (Å²) in [5.41, 5.74) is 2.41. The van der Waals surface area contributed by atoms with Crippen LogP contribution in [0, 0.1) is 5.82 Å². The molecule has 4 rings (SSSR count). The van der Waals surface area contributed by atoms with Gasteiger partial charge in [-0.3, -0.25) is 19.2 Å². The van der Waals surface area contributed by atoms with Crippen molar-refractivity contribution in [3.8, 4) is 11.1 Å². The molecule has 0 aliphatic carbocycles. The molecule has 2 aromatic carbocycles. The van der Waals surface area contributed by atoms with Crippen LogP contribution in [-0.2, 0) is 17.9 Å². The fourth-order valence-corrected chi connectivity index (χ4v) is 3.69. The molecule has 2 N–H and O–H groups in total. The largest absolute Gasteiger partial charge is 0.490 e. The second-order valence-corrected chi connectivity index (χ2v) is 8.04. The van der Waals surface area contributed by atoms with Gasteiger partial charge in [-0.25, -0.2) is 14.0 Å². The van der Waals surface area contributed by atoms with E-state index in [9.17, 15) is 27.2 Å². The number of alkyl halides is 3. The van der Waals surface area contributed by atoms with Gasteiger partial charge in [-0.2, -0.15) is 13.2 Å². The van der Waals surface area contributed by atoms with E-state index in [0.717, 1.165) is 36.3 Å². The average Bonchev–Trinajstić information content (AvgIpc) is 3.30. The zero-order valence-corrected chi connectivity index (χ0v) is 18.5. The molecular formula is C24H23F4N3O4. The summed E-state index contributed by atoms with van der Waals surface area (Å²) in [6.45, 7) is 3.32. The zero-order valence-electron chi connectivity index (χ0n) is 18.5. The quantitative estimate of drug-likeness (QED) is 0.530. The number of aromatic nitrogens is 2. The third kappa shape index (κ3) is 7.38. The second kappa shape index (κ2) is 11.1. The molecule has 35 heavy (non-hydrogen) atoms. The fourth-order valence-electron chi connectivity index (χ4n) is 3.69. The molecule has 7 nitrogen and oxygen atoms in total. The number of likely N-dealkylation sites (tertiary alicyclic amines) is 1. The smallest absolute Gasteiger partial charge is 0.475 e. The van der Waals surface area contributed by atoms with Crippen LogP contribution in [0.15, 0.2) is 64.3 Å². The van der Waals surface area contributed by atoms with Gasteiger partial charge in [-0.1, -0.05) is 24.3 Å². The topological polar surface area (TPSA) is 95.4 Å². The van der Waals surface area contributed by atoms with Crippen LogP contribution in [0.3, 0.4) is 0 Å². The summed E-state index contributed by atoms with van der Waals surface area (Å²) in [5.74, 6) is -3.02. The van der Waals surface area contributed by atoms with Crippen LogP contribution in [0.2, 0.25) is 0 Å². The molecule has 0 bridgehead atoms. The number of hydrogen-bond donors (Lipinski definition) is 2. The Hall–Kier alpha value is -3.73. The third-order valence-electron chi connectivity index (χ3n) is 5.37.